The van der Waals surface area contributed by atoms with Crippen LogP contribution in [0.4, 0.5) is 4.79 Å². The second-order valence-corrected chi connectivity index (χ2v) is 15.4. The smallest absolute Gasteiger partial charge is 0.330 e. The summed E-state index contributed by atoms with van der Waals surface area (Å²) in [6, 6.07) is -5.82. The average Bonchev–Trinajstić information content (AvgIpc) is 3.52. The van der Waals surface area contributed by atoms with Gasteiger partial charge in [0.1, 0.15) is 36.4 Å². The summed E-state index contributed by atoms with van der Waals surface area (Å²) in [7, 11) is 0. The molecule has 26 nitrogen and oxygen atoms in total. The van der Waals surface area contributed by atoms with Crippen molar-refractivity contribution in [1.29, 1.82) is 0 Å². The van der Waals surface area contributed by atoms with Gasteiger partial charge in [-0.2, -0.15) is 0 Å². The van der Waals surface area contributed by atoms with Gasteiger partial charge in [0.05, 0.1) is 12.7 Å². The van der Waals surface area contributed by atoms with E-state index in [1.54, 1.807) is 27.7 Å². The summed E-state index contributed by atoms with van der Waals surface area (Å²) in [6.07, 6.45) is -8.53. The number of hydrogen-bond donors (Lipinski definition) is 11. The van der Waals surface area contributed by atoms with E-state index in [-0.39, 0.29) is 51.5 Å². The lowest BCUT2D eigenvalue weighted by Crippen LogP contribution is -2.60. The molecule has 1 fully saturated rings. The third kappa shape index (κ3) is 16.5. The van der Waals surface area contributed by atoms with E-state index in [0.29, 0.717) is 0 Å². The first-order valence-electron chi connectivity index (χ1n) is 20.5. The zero-order valence-electron chi connectivity index (χ0n) is 36.7. The molecular weight excluding hydrogens is 852 g/mol. The molecule has 360 valence electrons. The van der Waals surface area contributed by atoms with E-state index in [9.17, 15) is 58.5 Å². The van der Waals surface area contributed by atoms with Crippen LogP contribution in [0.2, 0.25) is 0 Å². The van der Waals surface area contributed by atoms with Crippen molar-refractivity contribution in [2.75, 3.05) is 26.2 Å². The predicted molar refractivity (Wildman–Crippen MR) is 223 cm³/mol. The van der Waals surface area contributed by atoms with Gasteiger partial charge in [-0.15, -0.1) is 0 Å². The number of aliphatic hydroxyl groups is 2. The minimum atomic E-state index is -1.91. The number of nitrogens with zero attached hydrogens (tertiary/aromatic N) is 2. The number of urea groups is 1. The summed E-state index contributed by atoms with van der Waals surface area (Å²) < 4.78 is 22.7. The normalized spacial score (nSPS) is 19.8. The number of carboxylic acids is 1. The van der Waals surface area contributed by atoms with Crippen LogP contribution in [0.5, 0.6) is 0 Å². The Hall–Kier alpha value is -6.12. The molecule has 0 bridgehead atoms. The molecule has 4 amide bonds. The maximum absolute atomic E-state index is 13.6. The average molecular weight is 915 g/mol. The third-order valence-electron chi connectivity index (χ3n) is 9.58. The monoisotopic (exact) mass is 914 g/mol. The van der Waals surface area contributed by atoms with Crippen LogP contribution in [0.15, 0.2) is 26.8 Å². The fourth-order valence-corrected chi connectivity index (χ4v) is 6.44. The van der Waals surface area contributed by atoms with Gasteiger partial charge in [-0.25, -0.2) is 14.4 Å². The highest BCUT2D eigenvalue weighted by Gasteiger charge is 2.55. The fraction of sp³-hybridized carbons (Fsp3) is 0.684. The standard InChI is InChI=1S/C38H62N10O16/c1-8-61-35(58)25(27(53)28-29(62-19(6)49)30(63-20(7)50)33(64-28)48-16-12-22(51)45-38(48)60)41-14-10-15-42-32(55)24(26(52)18(4)5)46-31(54)21(11-9-13-43-36(39)40)44-37(59)47-23(17(2)3)34(56)57/h12,16-18,21,23-30,33,41,52-53H,8-11,13-15H2,1-7H3,(H,42,55)(H,46,54)(H,56,57)(H4,39,40,43)(H2,44,47,59)(H,45,51,60)/t21-,23-,24-,25?,26-,27?,28+,29+,30+,33+/m0/s1. The lowest BCUT2D eigenvalue weighted by atomic mass is 9.98. The molecule has 13 N–H and O–H groups in total. The maximum atomic E-state index is 13.6. The summed E-state index contributed by atoms with van der Waals surface area (Å²) in [6.45, 7) is 9.57. The molecule has 2 unspecified atom stereocenters. The quantitative estimate of drug-likeness (QED) is 0.0146. The predicted octanol–water partition coefficient (Wildman–Crippen LogP) is -3.98. The number of esters is 3. The van der Waals surface area contributed by atoms with E-state index in [1.807, 2.05) is 4.98 Å². The van der Waals surface area contributed by atoms with E-state index in [1.165, 1.54) is 6.92 Å². The molecule has 0 spiro atoms. The first kappa shape index (κ1) is 54.0. The number of nitrogens with two attached hydrogens (primary N) is 2. The molecule has 64 heavy (non-hydrogen) atoms. The summed E-state index contributed by atoms with van der Waals surface area (Å²) in [5.74, 6) is -7.11. The Kier molecular flexibility index (Phi) is 21.8. The number of aliphatic hydroxyl groups excluding tert-OH is 2. The third-order valence-corrected chi connectivity index (χ3v) is 9.58. The molecule has 26 heteroatoms. The lowest BCUT2D eigenvalue weighted by molar-refractivity contribution is -0.168. The van der Waals surface area contributed by atoms with Crippen LogP contribution in [-0.2, 0) is 47.7 Å². The van der Waals surface area contributed by atoms with Crippen LogP contribution in [0.3, 0.4) is 0 Å². The number of guanidine groups is 1. The molecule has 0 aromatic carbocycles. The van der Waals surface area contributed by atoms with Crippen LogP contribution in [0, 0.1) is 11.8 Å². The maximum Gasteiger partial charge on any atom is 0.330 e. The number of hydrogen-bond acceptors (Lipinski definition) is 17. The van der Waals surface area contributed by atoms with E-state index < -0.39 is 126 Å². The summed E-state index contributed by atoms with van der Waals surface area (Å²) in [4.78, 5) is 120. The zero-order valence-corrected chi connectivity index (χ0v) is 36.7. The number of rotatable bonds is 25. The Balaban J connectivity index is 2.27. The molecule has 0 radical (unpaired) electrons. The lowest BCUT2D eigenvalue weighted by Gasteiger charge is -2.30. The van der Waals surface area contributed by atoms with Crippen molar-refractivity contribution >= 4 is 47.7 Å². The molecule has 1 aliphatic rings. The van der Waals surface area contributed by atoms with Crippen LogP contribution in [0.25, 0.3) is 0 Å². The fourth-order valence-electron chi connectivity index (χ4n) is 6.44. The molecule has 1 saturated heterocycles. The summed E-state index contributed by atoms with van der Waals surface area (Å²) in [5, 5.41) is 44.7. The molecule has 0 aliphatic carbocycles. The first-order valence-corrected chi connectivity index (χ1v) is 20.5. The first-order chi connectivity index (χ1) is 30.0. The Morgan fingerprint density at radius 2 is 1.52 bits per heavy atom. The SMILES string of the molecule is CCOC(=O)C(NCCCNC(=O)[C@@H](NC(=O)[C@H](CCCN=C(N)N)NC(=O)N[C@H](C(=O)O)C(C)C)[C@@H](O)C(C)C)C(O)[C@H]1O[C@@H](n2ccc(=O)[nH]c2=O)[C@H](OC(C)=O)[C@@H]1OC(C)=O. The van der Waals surface area contributed by atoms with Gasteiger partial charge >= 0.3 is 35.6 Å². The molecule has 0 saturated carbocycles. The van der Waals surface area contributed by atoms with Crippen molar-refractivity contribution in [2.45, 2.75) is 129 Å². The van der Waals surface area contributed by atoms with Crippen molar-refractivity contribution in [2.24, 2.45) is 28.3 Å². The number of carboxylic acid groups (broad SMARTS) is 1. The van der Waals surface area contributed by atoms with Gasteiger partial charge in [-0.3, -0.25) is 43.3 Å². The number of aromatic amines is 1. The molecule has 2 heterocycles. The van der Waals surface area contributed by atoms with Crippen molar-refractivity contribution in [3.8, 4) is 0 Å². The molecule has 10 atom stereocenters. The van der Waals surface area contributed by atoms with Crippen LogP contribution in [0.1, 0.15) is 74.0 Å². The second kappa shape index (κ2) is 25.9. The number of carbonyl (C=O) groups excluding carboxylic acids is 6. The van der Waals surface area contributed by atoms with Gasteiger partial charge in [0.25, 0.3) is 5.56 Å². The number of aromatic nitrogens is 2. The summed E-state index contributed by atoms with van der Waals surface area (Å²) in [5.41, 5.74) is 9.01. The highest BCUT2D eigenvalue weighted by Crippen LogP contribution is 2.35. The Morgan fingerprint density at radius 3 is 2.06 bits per heavy atom. The number of aliphatic imine (C=N–C) groups is 1. The number of carbonyl (C=O) groups is 7. The van der Waals surface area contributed by atoms with Gasteiger partial charge in [0.2, 0.25) is 11.8 Å². The van der Waals surface area contributed by atoms with E-state index in [2.05, 4.69) is 31.6 Å². The second-order valence-electron chi connectivity index (χ2n) is 15.4. The summed E-state index contributed by atoms with van der Waals surface area (Å²) >= 11 is 0. The van der Waals surface area contributed by atoms with Crippen molar-refractivity contribution in [3.05, 3.63) is 33.1 Å². The van der Waals surface area contributed by atoms with E-state index >= 15 is 0 Å². The van der Waals surface area contributed by atoms with Crippen molar-refractivity contribution in [1.82, 2.24) is 36.1 Å². The molecular formula is C38H62N10O16. The van der Waals surface area contributed by atoms with Crippen molar-refractivity contribution < 1.29 is 67.8 Å². The minimum absolute atomic E-state index is 0.0485. The van der Waals surface area contributed by atoms with Gasteiger partial charge in [-0.1, -0.05) is 27.7 Å². The Labute approximate surface area is 367 Å². The molecule has 2 rings (SSSR count). The van der Waals surface area contributed by atoms with Crippen LogP contribution in [-0.4, -0.2) is 153 Å². The van der Waals surface area contributed by atoms with Gasteiger partial charge in [0, 0.05) is 39.2 Å². The number of amides is 4. The Bertz CT molecular complexity index is 1920. The van der Waals surface area contributed by atoms with Gasteiger partial charge in [0.15, 0.2) is 24.4 Å². The van der Waals surface area contributed by atoms with Gasteiger partial charge < -0.3 is 72.3 Å². The molecule has 1 aromatic heterocycles. The Morgan fingerprint density at radius 1 is 0.875 bits per heavy atom. The number of nitrogens with one attached hydrogen (secondary N) is 6. The zero-order chi connectivity index (χ0) is 48.4. The highest BCUT2D eigenvalue weighted by atomic mass is 16.6. The van der Waals surface area contributed by atoms with E-state index in [4.69, 9.17) is 30.4 Å². The van der Waals surface area contributed by atoms with Crippen LogP contribution < -0.4 is 49.3 Å². The largest absolute Gasteiger partial charge is 0.480 e. The minimum Gasteiger partial charge on any atom is -0.480 e. The topological polar surface area (TPSA) is 397 Å². The number of ether oxygens (including phenoxy) is 4. The van der Waals surface area contributed by atoms with Crippen molar-refractivity contribution in [3.63, 3.8) is 0 Å². The number of aliphatic carboxylic acids is 1. The van der Waals surface area contributed by atoms with Crippen LogP contribution >= 0.6 is 0 Å². The van der Waals surface area contributed by atoms with E-state index in [0.717, 1.165) is 30.7 Å². The highest BCUT2D eigenvalue weighted by molar-refractivity contribution is 5.93. The number of H-pyrrole nitrogens is 1. The molecule has 1 aromatic rings. The molecule has 1 aliphatic heterocycles. The van der Waals surface area contributed by atoms with Gasteiger partial charge in [-0.05, 0) is 44.6 Å².